The fraction of sp³-hybridized carbons (Fsp3) is 0.556. The van der Waals surface area contributed by atoms with Gasteiger partial charge in [-0.15, -0.1) is 0 Å². The van der Waals surface area contributed by atoms with Gasteiger partial charge in [-0.05, 0) is 0 Å². The van der Waals surface area contributed by atoms with Crippen LogP contribution in [0.5, 0.6) is 0 Å². The molecule has 0 radical (unpaired) electrons. The molecule has 0 aromatic heterocycles. The molecule has 1 unspecified atom stereocenters. The summed E-state index contributed by atoms with van der Waals surface area (Å²) >= 11 is 0. The van der Waals surface area contributed by atoms with Gasteiger partial charge in [0.25, 0.3) is 0 Å². The Kier molecular flexibility index (Phi) is 3.14. The fourth-order valence-electron chi connectivity index (χ4n) is 1.30. The Morgan fingerprint density at radius 1 is 1.23 bits per heavy atom. The lowest BCUT2D eigenvalue weighted by Crippen LogP contribution is -2.11. The second-order valence-electron chi connectivity index (χ2n) is 3.12. The SMILES string of the molecule is CC(CO)C1=C(F)CCC(F)=C1F. The van der Waals surface area contributed by atoms with E-state index < -0.39 is 23.4 Å². The third-order valence-electron chi connectivity index (χ3n) is 2.10. The Labute approximate surface area is 74.6 Å². The molecule has 1 atom stereocenters. The zero-order valence-corrected chi connectivity index (χ0v) is 7.28. The zero-order valence-electron chi connectivity index (χ0n) is 7.28. The summed E-state index contributed by atoms with van der Waals surface area (Å²) in [6.45, 7) is 1.07. The normalized spacial score (nSPS) is 21.0. The van der Waals surface area contributed by atoms with E-state index in [0.29, 0.717) is 0 Å². The van der Waals surface area contributed by atoms with E-state index in [1.165, 1.54) is 6.92 Å². The quantitative estimate of drug-likeness (QED) is 0.713. The predicted molar refractivity (Wildman–Crippen MR) is 42.9 cm³/mol. The van der Waals surface area contributed by atoms with Gasteiger partial charge < -0.3 is 5.11 Å². The summed E-state index contributed by atoms with van der Waals surface area (Å²) in [5.74, 6) is -3.39. The topological polar surface area (TPSA) is 20.2 Å². The van der Waals surface area contributed by atoms with E-state index in [1.54, 1.807) is 0 Å². The van der Waals surface area contributed by atoms with Crippen LogP contribution in [-0.2, 0) is 0 Å². The zero-order chi connectivity index (χ0) is 10.0. The first kappa shape index (κ1) is 10.3. The van der Waals surface area contributed by atoms with Crippen LogP contribution in [0.1, 0.15) is 19.8 Å². The van der Waals surface area contributed by atoms with Gasteiger partial charge in [0.2, 0.25) is 0 Å². The van der Waals surface area contributed by atoms with E-state index >= 15 is 0 Å². The molecule has 1 rings (SSSR count). The summed E-state index contributed by atoms with van der Waals surface area (Å²) in [6.07, 6.45) is -0.335. The average Bonchev–Trinajstić information content (AvgIpc) is 2.12. The maximum atomic E-state index is 13.0. The first-order valence-corrected chi connectivity index (χ1v) is 4.11. The molecule has 1 N–H and O–H groups in total. The minimum atomic E-state index is -1.13. The van der Waals surface area contributed by atoms with Crippen molar-refractivity contribution < 1.29 is 18.3 Å². The number of halogens is 3. The molecule has 0 fully saturated rings. The largest absolute Gasteiger partial charge is 0.396 e. The van der Waals surface area contributed by atoms with Gasteiger partial charge in [-0.25, -0.2) is 13.2 Å². The first-order chi connectivity index (χ1) is 6.07. The van der Waals surface area contributed by atoms with Crippen LogP contribution in [0, 0.1) is 5.92 Å². The predicted octanol–water partition coefficient (Wildman–Crippen LogP) is 2.78. The standard InChI is InChI=1S/C9H11F3O/c1-5(4-13)8-6(10)2-3-7(11)9(8)12/h5,13H,2-4H2,1H3. The number of aliphatic hydroxyl groups is 1. The average molecular weight is 192 g/mol. The number of hydrogen-bond acceptors (Lipinski definition) is 1. The lowest BCUT2D eigenvalue weighted by molar-refractivity contribution is 0.249. The fourth-order valence-corrected chi connectivity index (χ4v) is 1.30. The number of hydrogen-bond donors (Lipinski definition) is 1. The van der Waals surface area contributed by atoms with Crippen molar-refractivity contribution in [2.75, 3.05) is 6.61 Å². The molecule has 74 valence electrons. The summed E-state index contributed by atoms with van der Waals surface area (Å²) in [7, 11) is 0. The van der Waals surface area contributed by atoms with E-state index in [9.17, 15) is 13.2 Å². The Morgan fingerprint density at radius 3 is 2.31 bits per heavy atom. The Morgan fingerprint density at radius 2 is 1.77 bits per heavy atom. The second kappa shape index (κ2) is 3.96. The minimum Gasteiger partial charge on any atom is -0.396 e. The smallest absolute Gasteiger partial charge is 0.160 e. The summed E-state index contributed by atoms with van der Waals surface area (Å²) in [5.41, 5.74) is -0.314. The van der Waals surface area contributed by atoms with Gasteiger partial charge in [-0.2, -0.15) is 0 Å². The van der Waals surface area contributed by atoms with Crippen molar-refractivity contribution in [1.29, 1.82) is 0 Å². The maximum Gasteiger partial charge on any atom is 0.160 e. The van der Waals surface area contributed by atoms with E-state index in [1.807, 2.05) is 0 Å². The molecule has 0 amide bonds. The van der Waals surface area contributed by atoms with Crippen LogP contribution in [0.15, 0.2) is 23.1 Å². The van der Waals surface area contributed by atoms with Crippen LogP contribution in [0.4, 0.5) is 13.2 Å². The molecule has 0 aliphatic heterocycles. The van der Waals surface area contributed by atoms with Gasteiger partial charge in [-0.3, -0.25) is 0 Å². The lowest BCUT2D eigenvalue weighted by atomic mass is 9.93. The molecule has 0 bridgehead atoms. The first-order valence-electron chi connectivity index (χ1n) is 4.11. The van der Waals surface area contributed by atoms with Crippen molar-refractivity contribution in [2.24, 2.45) is 5.92 Å². The van der Waals surface area contributed by atoms with Crippen LogP contribution in [0.2, 0.25) is 0 Å². The van der Waals surface area contributed by atoms with Crippen molar-refractivity contribution in [3.8, 4) is 0 Å². The Bertz CT molecular complexity index is 268. The van der Waals surface area contributed by atoms with Crippen LogP contribution in [0.3, 0.4) is 0 Å². The number of aliphatic hydroxyl groups excluding tert-OH is 1. The molecule has 13 heavy (non-hydrogen) atoms. The molecule has 1 aliphatic carbocycles. The van der Waals surface area contributed by atoms with Crippen molar-refractivity contribution in [3.05, 3.63) is 23.1 Å². The van der Waals surface area contributed by atoms with E-state index in [-0.39, 0.29) is 25.0 Å². The van der Waals surface area contributed by atoms with Crippen molar-refractivity contribution in [3.63, 3.8) is 0 Å². The highest BCUT2D eigenvalue weighted by atomic mass is 19.2. The number of rotatable bonds is 2. The van der Waals surface area contributed by atoms with E-state index in [0.717, 1.165) is 0 Å². The summed E-state index contributed by atoms with van der Waals surface area (Å²) in [5, 5.41) is 8.70. The minimum absolute atomic E-state index is 0.112. The van der Waals surface area contributed by atoms with Crippen LogP contribution < -0.4 is 0 Å². The summed E-state index contributed by atoms with van der Waals surface area (Å²) < 4.78 is 38.8. The van der Waals surface area contributed by atoms with E-state index in [2.05, 4.69) is 0 Å². The third kappa shape index (κ3) is 1.94. The Hall–Kier alpha value is -0.770. The van der Waals surface area contributed by atoms with Crippen LogP contribution >= 0.6 is 0 Å². The monoisotopic (exact) mass is 192 g/mol. The molecule has 0 saturated heterocycles. The van der Waals surface area contributed by atoms with Gasteiger partial charge in [0.15, 0.2) is 5.83 Å². The third-order valence-corrected chi connectivity index (χ3v) is 2.10. The molecule has 1 nitrogen and oxygen atoms in total. The molecule has 1 aliphatic rings. The van der Waals surface area contributed by atoms with Gasteiger partial charge in [0, 0.05) is 30.9 Å². The van der Waals surface area contributed by atoms with Gasteiger partial charge in [0.05, 0.1) is 0 Å². The van der Waals surface area contributed by atoms with Gasteiger partial charge in [0.1, 0.15) is 11.7 Å². The molecule has 0 aromatic rings. The highest BCUT2D eigenvalue weighted by Gasteiger charge is 2.26. The second-order valence-corrected chi connectivity index (χ2v) is 3.12. The lowest BCUT2D eigenvalue weighted by Gasteiger charge is -2.17. The molecule has 0 saturated carbocycles. The van der Waals surface area contributed by atoms with Gasteiger partial charge >= 0.3 is 0 Å². The highest BCUT2D eigenvalue weighted by molar-refractivity contribution is 5.35. The van der Waals surface area contributed by atoms with Crippen LogP contribution in [-0.4, -0.2) is 11.7 Å². The molecule has 4 heteroatoms. The maximum absolute atomic E-state index is 13.0. The highest BCUT2D eigenvalue weighted by Crippen LogP contribution is 2.36. The molecule has 0 heterocycles. The van der Waals surface area contributed by atoms with Crippen molar-refractivity contribution in [1.82, 2.24) is 0 Å². The molecule has 0 aromatic carbocycles. The number of allylic oxidation sites excluding steroid dienone is 3. The van der Waals surface area contributed by atoms with E-state index in [4.69, 9.17) is 5.11 Å². The molecular weight excluding hydrogens is 181 g/mol. The Balaban J connectivity index is 3.03. The summed E-state index contributed by atoms with van der Waals surface area (Å²) in [6, 6.07) is 0. The molecular formula is C9H11F3O. The summed E-state index contributed by atoms with van der Waals surface area (Å²) in [4.78, 5) is 0. The molecule has 0 spiro atoms. The van der Waals surface area contributed by atoms with Crippen molar-refractivity contribution in [2.45, 2.75) is 19.8 Å². The van der Waals surface area contributed by atoms with Gasteiger partial charge in [-0.1, -0.05) is 6.92 Å². The van der Waals surface area contributed by atoms with Crippen LogP contribution in [0.25, 0.3) is 0 Å². The van der Waals surface area contributed by atoms with Crippen molar-refractivity contribution >= 4 is 0 Å².